The highest BCUT2D eigenvalue weighted by molar-refractivity contribution is 4.90. The highest BCUT2D eigenvalue weighted by atomic mass is 19.1. The van der Waals surface area contributed by atoms with E-state index in [9.17, 15) is 4.39 Å². The van der Waals surface area contributed by atoms with Crippen molar-refractivity contribution >= 4 is 0 Å². The van der Waals surface area contributed by atoms with Crippen molar-refractivity contribution < 1.29 is 4.39 Å². The van der Waals surface area contributed by atoms with Gasteiger partial charge in [0.15, 0.2) is 5.79 Å². The number of nitrogens with zero attached hydrogens (tertiary/aromatic N) is 2. The Morgan fingerprint density at radius 1 is 1.33 bits per heavy atom. The molecule has 0 amide bonds. The first-order valence-corrected chi connectivity index (χ1v) is 6.00. The van der Waals surface area contributed by atoms with Crippen LogP contribution in [0.5, 0.6) is 0 Å². The van der Waals surface area contributed by atoms with Gasteiger partial charge in [-0.25, -0.2) is 4.39 Å². The lowest BCUT2D eigenvalue weighted by Gasteiger charge is -2.42. The van der Waals surface area contributed by atoms with Crippen LogP contribution in [-0.4, -0.2) is 54.9 Å². The van der Waals surface area contributed by atoms with Crippen molar-refractivity contribution in [3.63, 3.8) is 0 Å². The summed E-state index contributed by atoms with van der Waals surface area (Å²) >= 11 is 0. The summed E-state index contributed by atoms with van der Waals surface area (Å²) in [5, 5.41) is 0. The average Bonchev–Trinajstić information content (AvgIpc) is 2.15. The standard InChI is InChI=1S/C11H24FN3/c1-3-5-6-14(4-2)7-8-15-9-11(12,13)10-15/h3-10,13H2,1-2H3. The Labute approximate surface area is 92.4 Å². The van der Waals surface area contributed by atoms with E-state index < -0.39 is 5.79 Å². The van der Waals surface area contributed by atoms with Crippen LogP contribution in [0.4, 0.5) is 4.39 Å². The zero-order valence-corrected chi connectivity index (χ0v) is 10.0. The van der Waals surface area contributed by atoms with Gasteiger partial charge in [-0.15, -0.1) is 0 Å². The molecule has 0 aliphatic carbocycles. The van der Waals surface area contributed by atoms with Crippen LogP contribution in [0, 0.1) is 0 Å². The number of alkyl halides is 1. The molecule has 0 aromatic carbocycles. The van der Waals surface area contributed by atoms with Crippen molar-refractivity contribution in [2.75, 3.05) is 39.3 Å². The summed E-state index contributed by atoms with van der Waals surface area (Å²) < 4.78 is 13.0. The molecule has 1 heterocycles. The fourth-order valence-electron chi connectivity index (χ4n) is 1.95. The van der Waals surface area contributed by atoms with E-state index in [-0.39, 0.29) is 0 Å². The molecule has 1 fully saturated rings. The van der Waals surface area contributed by atoms with Gasteiger partial charge in [0.2, 0.25) is 0 Å². The lowest BCUT2D eigenvalue weighted by molar-refractivity contribution is -0.0306. The summed E-state index contributed by atoms with van der Waals surface area (Å²) in [6.45, 7) is 9.40. The number of likely N-dealkylation sites (N-methyl/N-ethyl adjacent to an activating group) is 1. The maximum absolute atomic E-state index is 13.0. The quantitative estimate of drug-likeness (QED) is 0.647. The van der Waals surface area contributed by atoms with E-state index in [0.717, 1.165) is 26.2 Å². The molecule has 0 saturated carbocycles. The second-order valence-electron chi connectivity index (χ2n) is 4.53. The van der Waals surface area contributed by atoms with E-state index in [1.54, 1.807) is 0 Å². The molecule has 3 nitrogen and oxygen atoms in total. The summed E-state index contributed by atoms with van der Waals surface area (Å²) in [7, 11) is 0. The number of hydrogen-bond acceptors (Lipinski definition) is 3. The monoisotopic (exact) mass is 217 g/mol. The number of unbranched alkanes of at least 4 members (excludes halogenated alkanes) is 1. The van der Waals surface area contributed by atoms with Gasteiger partial charge >= 0.3 is 0 Å². The first kappa shape index (κ1) is 12.9. The van der Waals surface area contributed by atoms with Gasteiger partial charge in [-0.05, 0) is 19.5 Å². The molecule has 90 valence electrons. The fourth-order valence-corrected chi connectivity index (χ4v) is 1.95. The minimum atomic E-state index is -1.42. The topological polar surface area (TPSA) is 32.5 Å². The zero-order valence-electron chi connectivity index (χ0n) is 10.0. The molecule has 1 aliphatic rings. The van der Waals surface area contributed by atoms with Crippen LogP contribution in [0.2, 0.25) is 0 Å². The van der Waals surface area contributed by atoms with Gasteiger partial charge in [0.05, 0.1) is 0 Å². The minimum Gasteiger partial charge on any atom is -0.302 e. The lowest BCUT2D eigenvalue weighted by Crippen LogP contribution is -2.65. The van der Waals surface area contributed by atoms with E-state index >= 15 is 0 Å². The highest BCUT2D eigenvalue weighted by Crippen LogP contribution is 2.18. The SMILES string of the molecule is CCCCN(CC)CCN1CC(N)(F)C1. The normalized spacial score (nSPS) is 20.6. The molecule has 1 saturated heterocycles. The van der Waals surface area contributed by atoms with Gasteiger partial charge in [0.1, 0.15) is 0 Å². The second-order valence-corrected chi connectivity index (χ2v) is 4.53. The molecular formula is C11H24FN3. The third kappa shape index (κ3) is 4.45. The predicted molar refractivity (Wildman–Crippen MR) is 61.5 cm³/mol. The first-order valence-electron chi connectivity index (χ1n) is 6.00. The van der Waals surface area contributed by atoms with Crippen molar-refractivity contribution in [2.24, 2.45) is 5.73 Å². The number of hydrogen-bond donors (Lipinski definition) is 1. The smallest absolute Gasteiger partial charge is 0.184 e. The second kappa shape index (κ2) is 5.77. The number of rotatable bonds is 7. The van der Waals surface area contributed by atoms with Gasteiger partial charge in [0, 0.05) is 26.2 Å². The van der Waals surface area contributed by atoms with Crippen molar-refractivity contribution in [2.45, 2.75) is 32.5 Å². The molecule has 1 rings (SSSR count). The van der Waals surface area contributed by atoms with Crippen LogP contribution in [-0.2, 0) is 0 Å². The summed E-state index contributed by atoms with van der Waals surface area (Å²) in [5.41, 5.74) is 5.31. The molecule has 15 heavy (non-hydrogen) atoms. The molecule has 0 aromatic rings. The Morgan fingerprint density at radius 2 is 2.00 bits per heavy atom. The van der Waals surface area contributed by atoms with Gasteiger partial charge < -0.3 is 4.90 Å². The minimum absolute atomic E-state index is 0.401. The molecule has 0 unspecified atom stereocenters. The Balaban J connectivity index is 2.07. The molecule has 0 atom stereocenters. The number of halogens is 1. The van der Waals surface area contributed by atoms with E-state index in [4.69, 9.17) is 5.73 Å². The van der Waals surface area contributed by atoms with E-state index in [1.165, 1.54) is 12.8 Å². The van der Waals surface area contributed by atoms with E-state index in [0.29, 0.717) is 13.1 Å². The van der Waals surface area contributed by atoms with Gasteiger partial charge in [0.25, 0.3) is 0 Å². The van der Waals surface area contributed by atoms with Crippen molar-refractivity contribution in [3.05, 3.63) is 0 Å². The highest BCUT2D eigenvalue weighted by Gasteiger charge is 2.39. The van der Waals surface area contributed by atoms with Crippen LogP contribution in [0.1, 0.15) is 26.7 Å². The summed E-state index contributed by atoms with van der Waals surface area (Å²) in [6, 6.07) is 0. The maximum atomic E-state index is 13.0. The van der Waals surface area contributed by atoms with Crippen LogP contribution >= 0.6 is 0 Å². The summed E-state index contributed by atoms with van der Waals surface area (Å²) in [5.74, 6) is -1.42. The first-order chi connectivity index (χ1) is 7.07. The maximum Gasteiger partial charge on any atom is 0.184 e. The lowest BCUT2D eigenvalue weighted by atomic mass is 10.1. The fraction of sp³-hybridized carbons (Fsp3) is 1.00. The Kier molecular flexibility index (Phi) is 4.96. The van der Waals surface area contributed by atoms with Crippen molar-refractivity contribution in [1.82, 2.24) is 9.80 Å². The van der Waals surface area contributed by atoms with Crippen molar-refractivity contribution in [3.8, 4) is 0 Å². The molecule has 1 aliphatic heterocycles. The van der Waals surface area contributed by atoms with Crippen LogP contribution in [0.15, 0.2) is 0 Å². The van der Waals surface area contributed by atoms with E-state index in [1.807, 2.05) is 0 Å². The molecule has 0 spiro atoms. The van der Waals surface area contributed by atoms with Crippen LogP contribution < -0.4 is 5.73 Å². The molecule has 0 bridgehead atoms. The van der Waals surface area contributed by atoms with Gasteiger partial charge in [-0.1, -0.05) is 20.3 Å². The van der Waals surface area contributed by atoms with E-state index in [2.05, 4.69) is 23.6 Å². The van der Waals surface area contributed by atoms with Crippen LogP contribution in [0.25, 0.3) is 0 Å². The third-order valence-corrected chi connectivity index (χ3v) is 2.98. The third-order valence-electron chi connectivity index (χ3n) is 2.98. The zero-order chi connectivity index (χ0) is 11.3. The van der Waals surface area contributed by atoms with Crippen LogP contribution in [0.3, 0.4) is 0 Å². The Hall–Kier alpha value is -0.190. The van der Waals surface area contributed by atoms with Gasteiger partial charge in [-0.2, -0.15) is 0 Å². The summed E-state index contributed by atoms with van der Waals surface area (Å²) in [6.07, 6.45) is 2.48. The Morgan fingerprint density at radius 3 is 2.47 bits per heavy atom. The molecule has 2 N–H and O–H groups in total. The summed E-state index contributed by atoms with van der Waals surface area (Å²) in [4.78, 5) is 4.49. The largest absolute Gasteiger partial charge is 0.302 e. The molecule has 4 heteroatoms. The molecular weight excluding hydrogens is 193 g/mol. The van der Waals surface area contributed by atoms with Gasteiger partial charge in [-0.3, -0.25) is 10.6 Å². The number of likely N-dealkylation sites (tertiary alicyclic amines) is 1. The Bertz CT molecular complexity index is 177. The number of nitrogens with two attached hydrogens (primary N) is 1. The predicted octanol–water partition coefficient (Wildman–Crippen LogP) is 1.05. The molecule has 0 radical (unpaired) electrons. The molecule has 0 aromatic heterocycles. The van der Waals surface area contributed by atoms with Crippen molar-refractivity contribution in [1.29, 1.82) is 0 Å². The average molecular weight is 217 g/mol.